The molecule has 0 saturated carbocycles. The zero-order valence-corrected chi connectivity index (χ0v) is 12.3. The average Bonchev–Trinajstić information content (AvgIpc) is 2.52. The maximum atomic E-state index is 11.1. The number of rotatable bonds is 6. The van der Waals surface area contributed by atoms with E-state index in [1.165, 1.54) is 0 Å². The molecule has 1 atom stereocenters. The summed E-state index contributed by atoms with van der Waals surface area (Å²) in [6.07, 6.45) is 1.72. The summed E-state index contributed by atoms with van der Waals surface area (Å²) in [7, 11) is 0. The summed E-state index contributed by atoms with van der Waals surface area (Å²) in [6, 6.07) is 17.4. The minimum Gasteiger partial charge on any atom is -0.489 e. The topological polar surface area (TPSA) is 38.7 Å². The van der Waals surface area contributed by atoms with E-state index in [0.29, 0.717) is 6.61 Å². The molecule has 0 saturated heterocycles. The van der Waals surface area contributed by atoms with E-state index >= 15 is 0 Å². The van der Waals surface area contributed by atoms with Gasteiger partial charge >= 0.3 is 0 Å². The summed E-state index contributed by atoms with van der Waals surface area (Å²) in [6.45, 7) is 3.88. The highest BCUT2D eigenvalue weighted by Crippen LogP contribution is 2.13. The van der Waals surface area contributed by atoms with Crippen LogP contribution in [0.25, 0.3) is 0 Å². The number of nitrogens with zero attached hydrogens (tertiary/aromatic N) is 1. The van der Waals surface area contributed by atoms with Gasteiger partial charge in [0.15, 0.2) is 5.78 Å². The molecular weight excluding hydrogens is 262 g/mol. The standard InChI is InChI=1S/C18H19NO2/c1-14(15(2)20)19-12-16-8-10-18(11-9-16)21-13-17-6-4-3-5-7-17/h3-12,14H,13H2,1-2H3/b19-12+. The predicted octanol–water partition coefficient (Wildman–Crippen LogP) is 3.66. The lowest BCUT2D eigenvalue weighted by atomic mass is 10.2. The molecule has 108 valence electrons. The van der Waals surface area contributed by atoms with Crippen LogP contribution >= 0.6 is 0 Å². The quantitative estimate of drug-likeness (QED) is 0.758. The van der Waals surface area contributed by atoms with Crippen LogP contribution in [-0.2, 0) is 11.4 Å². The molecular formula is C18H19NO2. The Morgan fingerprint density at radius 3 is 2.43 bits per heavy atom. The SMILES string of the molecule is CC(=O)C(C)/N=C/c1ccc(OCc2ccccc2)cc1. The summed E-state index contributed by atoms with van der Waals surface area (Å²) in [5.74, 6) is 0.879. The molecule has 0 aliphatic heterocycles. The van der Waals surface area contributed by atoms with Gasteiger partial charge in [0, 0.05) is 6.21 Å². The predicted molar refractivity (Wildman–Crippen MR) is 85.0 cm³/mol. The Balaban J connectivity index is 1.91. The second-order valence-electron chi connectivity index (χ2n) is 4.91. The van der Waals surface area contributed by atoms with E-state index in [4.69, 9.17) is 4.74 Å². The van der Waals surface area contributed by atoms with E-state index in [0.717, 1.165) is 16.9 Å². The molecule has 3 nitrogen and oxygen atoms in total. The highest BCUT2D eigenvalue weighted by Gasteiger charge is 2.02. The lowest BCUT2D eigenvalue weighted by Crippen LogP contribution is -2.09. The van der Waals surface area contributed by atoms with Gasteiger partial charge in [-0.1, -0.05) is 30.3 Å². The second-order valence-corrected chi connectivity index (χ2v) is 4.91. The zero-order chi connectivity index (χ0) is 15.1. The molecule has 0 aromatic heterocycles. The average molecular weight is 281 g/mol. The smallest absolute Gasteiger partial charge is 0.153 e. The van der Waals surface area contributed by atoms with Crippen molar-refractivity contribution in [1.82, 2.24) is 0 Å². The molecule has 0 heterocycles. The first-order valence-electron chi connectivity index (χ1n) is 6.95. The Morgan fingerprint density at radius 2 is 1.81 bits per heavy atom. The maximum absolute atomic E-state index is 11.1. The van der Waals surface area contributed by atoms with Gasteiger partial charge in [0.05, 0.1) is 0 Å². The van der Waals surface area contributed by atoms with Crippen LogP contribution in [0.4, 0.5) is 0 Å². The Bertz CT molecular complexity index is 603. The number of hydrogen-bond acceptors (Lipinski definition) is 3. The first-order chi connectivity index (χ1) is 10.1. The molecule has 2 rings (SSSR count). The summed E-state index contributed by atoms with van der Waals surface area (Å²) < 4.78 is 5.71. The number of hydrogen-bond donors (Lipinski definition) is 0. The molecule has 2 aromatic carbocycles. The molecule has 2 aromatic rings. The molecule has 0 fully saturated rings. The molecule has 0 spiro atoms. The number of carbonyl (C=O) groups is 1. The molecule has 0 bridgehead atoms. The van der Waals surface area contributed by atoms with E-state index < -0.39 is 0 Å². The fraction of sp³-hybridized carbons (Fsp3) is 0.222. The van der Waals surface area contributed by atoms with Crippen molar-refractivity contribution in [3.8, 4) is 5.75 Å². The molecule has 0 aliphatic rings. The Kier molecular flexibility index (Phi) is 5.27. The molecule has 3 heteroatoms. The molecule has 0 radical (unpaired) electrons. The fourth-order valence-corrected chi connectivity index (χ4v) is 1.69. The summed E-state index contributed by atoms with van der Waals surface area (Å²) in [5, 5.41) is 0. The third-order valence-corrected chi connectivity index (χ3v) is 3.16. The van der Waals surface area contributed by atoms with Crippen molar-refractivity contribution in [1.29, 1.82) is 0 Å². The summed E-state index contributed by atoms with van der Waals surface area (Å²) in [4.78, 5) is 15.3. The van der Waals surface area contributed by atoms with Crippen LogP contribution in [0.15, 0.2) is 59.6 Å². The van der Waals surface area contributed by atoms with Crippen LogP contribution in [0.1, 0.15) is 25.0 Å². The largest absolute Gasteiger partial charge is 0.489 e. The third kappa shape index (κ3) is 4.88. The van der Waals surface area contributed by atoms with E-state index in [2.05, 4.69) is 4.99 Å². The second kappa shape index (κ2) is 7.39. The van der Waals surface area contributed by atoms with Gasteiger partial charge in [0.2, 0.25) is 0 Å². The van der Waals surface area contributed by atoms with Crippen LogP contribution in [0.5, 0.6) is 5.75 Å². The van der Waals surface area contributed by atoms with E-state index in [9.17, 15) is 4.79 Å². The van der Waals surface area contributed by atoms with Crippen LogP contribution in [0.3, 0.4) is 0 Å². The fourth-order valence-electron chi connectivity index (χ4n) is 1.69. The molecule has 0 amide bonds. The Labute approximate surface area is 125 Å². The van der Waals surface area contributed by atoms with Gasteiger partial charge in [-0.3, -0.25) is 9.79 Å². The van der Waals surface area contributed by atoms with Crippen molar-refractivity contribution >= 4 is 12.0 Å². The van der Waals surface area contributed by atoms with Crippen molar-refractivity contribution < 1.29 is 9.53 Å². The molecule has 0 aliphatic carbocycles. The van der Waals surface area contributed by atoms with E-state index in [1.54, 1.807) is 20.1 Å². The van der Waals surface area contributed by atoms with Crippen molar-refractivity contribution in [2.45, 2.75) is 26.5 Å². The Morgan fingerprint density at radius 1 is 1.14 bits per heavy atom. The highest BCUT2D eigenvalue weighted by molar-refractivity contribution is 5.86. The van der Waals surface area contributed by atoms with Crippen LogP contribution < -0.4 is 4.74 Å². The minimum atomic E-state index is -0.293. The number of ketones is 1. The van der Waals surface area contributed by atoms with Gasteiger partial charge in [-0.25, -0.2) is 0 Å². The number of ether oxygens (including phenoxy) is 1. The zero-order valence-electron chi connectivity index (χ0n) is 12.3. The third-order valence-electron chi connectivity index (χ3n) is 3.16. The normalized spacial score (nSPS) is 12.3. The van der Waals surface area contributed by atoms with Gasteiger partial charge in [0.1, 0.15) is 18.4 Å². The number of carbonyl (C=O) groups excluding carboxylic acids is 1. The molecule has 1 unspecified atom stereocenters. The first-order valence-corrected chi connectivity index (χ1v) is 6.95. The number of Topliss-reactive ketones (excluding diaryl/α,β-unsaturated/α-hetero) is 1. The van der Waals surface area contributed by atoms with Gasteiger partial charge < -0.3 is 4.74 Å². The summed E-state index contributed by atoms with van der Waals surface area (Å²) in [5.41, 5.74) is 2.09. The van der Waals surface area contributed by atoms with Crippen molar-refractivity contribution in [2.75, 3.05) is 0 Å². The molecule has 21 heavy (non-hydrogen) atoms. The first kappa shape index (κ1) is 15.0. The van der Waals surface area contributed by atoms with Gasteiger partial charge in [-0.05, 0) is 49.2 Å². The summed E-state index contributed by atoms with van der Waals surface area (Å²) >= 11 is 0. The van der Waals surface area contributed by atoms with Crippen molar-refractivity contribution in [2.24, 2.45) is 4.99 Å². The van der Waals surface area contributed by atoms with Gasteiger partial charge in [-0.15, -0.1) is 0 Å². The van der Waals surface area contributed by atoms with E-state index in [-0.39, 0.29) is 11.8 Å². The van der Waals surface area contributed by atoms with Gasteiger partial charge in [-0.2, -0.15) is 0 Å². The highest BCUT2D eigenvalue weighted by atomic mass is 16.5. The maximum Gasteiger partial charge on any atom is 0.153 e. The molecule has 0 N–H and O–H groups in total. The van der Waals surface area contributed by atoms with E-state index in [1.807, 2.05) is 54.6 Å². The Hall–Kier alpha value is -2.42. The minimum absolute atomic E-state index is 0.0639. The van der Waals surface area contributed by atoms with Crippen LogP contribution in [-0.4, -0.2) is 18.0 Å². The number of benzene rings is 2. The van der Waals surface area contributed by atoms with Crippen LogP contribution in [0.2, 0.25) is 0 Å². The number of aliphatic imine (C=N–C) groups is 1. The monoisotopic (exact) mass is 281 g/mol. The van der Waals surface area contributed by atoms with Crippen molar-refractivity contribution in [3.63, 3.8) is 0 Å². The lowest BCUT2D eigenvalue weighted by Gasteiger charge is -2.06. The van der Waals surface area contributed by atoms with Crippen molar-refractivity contribution in [3.05, 3.63) is 65.7 Å². The lowest BCUT2D eigenvalue weighted by molar-refractivity contribution is -0.117. The van der Waals surface area contributed by atoms with Crippen LogP contribution in [0, 0.1) is 0 Å². The van der Waals surface area contributed by atoms with Gasteiger partial charge in [0.25, 0.3) is 0 Å².